The molecule has 0 atom stereocenters. The maximum Gasteiger partial charge on any atom is 0.0759 e. The second-order valence-electron chi connectivity index (χ2n) is 12.2. The Hall–Kier alpha value is -3.91. The minimum Gasteiger partial charge on any atom is -0.405 e. The first-order valence-corrected chi connectivity index (χ1v) is 17.2. The normalized spacial score (nSPS) is 11.3. The van der Waals surface area contributed by atoms with Gasteiger partial charge in [0.05, 0.1) is 11.2 Å². The van der Waals surface area contributed by atoms with Crippen molar-refractivity contribution in [3.8, 4) is 22.3 Å². The number of aromatic nitrogens is 1. The van der Waals surface area contributed by atoms with E-state index in [1.165, 1.54) is 79.9 Å². The highest BCUT2D eigenvalue weighted by molar-refractivity contribution is 6.16. The van der Waals surface area contributed by atoms with Gasteiger partial charge in [0.25, 0.3) is 0 Å². The molecular weight excluding hydrogens is 544 g/mol. The Morgan fingerprint density at radius 3 is 1.87 bits per heavy atom. The Morgan fingerprint density at radius 1 is 0.711 bits per heavy atom. The first kappa shape index (κ1) is 35.6. The summed E-state index contributed by atoms with van der Waals surface area (Å²) in [6.07, 6.45) is 9.74. The predicted molar refractivity (Wildman–Crippen MR) is 202 cm³/mol. The van der Waals surface area contributed by atoms with Crippen LogP contribution in [-0.2, 0) is 5.41 Å². The van der Waals surface area contributed by atoms with Gasteiger partial charge in [-0.3, -0.25) is 0 Å². The average Bonchev–Trinajstić information content (AvgIpc) is 3.06. The van der Waals surface area contributed by atoms with Gasteiger partial charge in [-0.05, 0) is 101 Å². The number of hydrogen-bond acceptors (Lipinski definition) is 2. The van der Waals surface area contributed by atoms with E-state index in [-0.39, 0.29) is 5.41 Å². The summed E-state index contributed by atoms with van der Waals surface area (Å²) in [6, 6.07) is 26.6. The van der Waals surface area contributed by atoms with Crippen LogP contribution >= 0.6 is 0 Å². The number of pyridine rings is 1. The third-order valence-corrected chi connectivity index (χ3v) is 9.29. The number of unbranched alkanes of at least 4 members (excludes halogenated alkanes) is 2. The van der Waals surface area contributed by atoms with Gasteiger partial charge >= 0.3 is 0 Å². The van der Waals surface area contributed by atoms with Gasteiger partial charge in [-0.15, -0.1) is 0 Å². The number of hydrogen-bond donors (Lipinski definition) is 1. The lowest BCUT2D eigenvalue weighted by molar-refractivity contribution is 0.442. The average molecular weight is 601 g/mol. The van der Waals surface area contributed by atoms with Crippen LogP contribution in [0.1, 0.15) is 109 Å². The van der Waals surface area contributed by atoms with Gasteiger partial charge in [0.2, 0.25) is 0 Å². The minimum atomic E-state index is 0.0340. The third-order valence-electron chi connectivity index (χ3n) is 9.29. The van der Waals surface area contributed by atoms with Crippen molar-refractivity contribution in [3.63, 3.8) is 0 Å². The van der Waals surface area contributed by atoms with Gasteiger partial charge in [0.1, 0.15) is 0 Å². The molecule has 0 bridgehead atoms. The Morgan fingerprint density at radius 2 is 1.33 bits per heavy atom. The van der Waals surface area contributed by atoms with Gasteiger partial charge in [0, 0.05) is 10.8 Å². The van der Waals surface area contributed by atoms with Crippen molar-refractivity contribution in [2.45, 2.75) is 107 Å². The Balaban J connectivity index is 0.000000719. The lowest BCUT2D eigenvalue weighted by Gasteiger charge is -2.30. The molecule has 0 aliphatic rings. The summed E-state index contributed by atoms with van der Waals surface area (Å²) in [6.45, 7) is 22.0. The molecule has 0 aliphatic carbocycles. The third kappa shape index (κ3) is 7.50. The largest absolute Gasteiger partial charge is 0.405 e. The molecule has 0 fully saturated rings. The zero-order valence-electron chi connectivity index (χ0n) is 29.6. The molecule has 1 aromatic heterocycles. The van der Waals surface area contributed by atoms with Crippen molar-refractivity contribution < 1.29 is 0 Å². The second kappa shape index (κ2) is 16.4. The van der Waals surface area contributed by atoms with E-state index in [0.29, 0.717) is 0 Å². The van der Waals surface area contributed by atoms with Crippen LogP contribution in [0.2, 0.25) is 0 Å². The molecule has 0 radical (unpaired) electrons. The molecule has 238 valence electrons. The van der Waals surface area contributed by atoms with Crippen LogP contribution < -0.4 is 5.73 Å². The smallest absolute Gasteiger partial charge is 0.0759 e. The molecule has 2 heteroatoms. The van der Waals surface area contributed by atoms with E-state index in [1.807, 2.05) is 19.9 Å². The summed E-state index contributed by atoms with van der Waals surface area (Å²) < 4.78 is 0. The van der Waals surface area contributed by atoms with Crippen LogP contribution in [0.4, 0.5) is 0 Å². The fourth-order valence-corrected chi connectivity index (χ4v) is 6.45. The first-order chi connectivity index (χ1) is 21.7. The zero-order chi connectivity index (χ0) is 33.1. The van der Waals surface area contributed by atoms with Gasteiger partial charge in [-0.1, -0.05) is 141 Å². The van der Waals surface area contributed by atoms with Gasteiger partial charge in [0.15, 0.2) is 0 Å². The Bertz CT molecular complexity index is 1700. The SMILES string of the molecule is CC.CCC(C)(CC)c1ccc(-c2c(C)cc(-c3ccccc3)cc2C)c2c1nc(/C=C\N)c1c(C)cccc12.CCCCC. The number of rotatable bonds is 8. The number of nitrogens with zero attached hydrogens (tertiary/aromatic N) is 1. The van der Waals surface area contributed by atoms with E-state index >= 15 is 0 Å². The highest BCUT2D eigenvalue weighted by Gasteiger charge is 2.28. The number of aryl methyl sites for hydroxylation is 3. The molecule has 5 aromatic rings. The van der Waals surface area contributed by atoms with E-state index in [4.69, 9.17) is 10.7 Å². The second-order valence-corrected chi connectivity index (χ2v) is 12.2. The van der Waals surface area contributed by atoms with Gasteiger partial charge < -0.3 is 5.73 Å². The van der Waals surface area contributed by atoms with Gasteiger partial charge in [-0.2, -0.15) is 0 Å². The highest BCUT2D eigenvalue weighted by Crippen LogP contribution is 2.44. The molecule has 45 heavy (non-hydrogen) atoms. The molecule has 2 N–H and O–H groups in total. The van der Waals surface area contributed by atoms with Crippen LogP contribution in [0.5, 0.6) is 0 Å². The predicted octanol–water partition coefficient (Wildman–Crippen LogP) is 12.9. The highest BCUT2D eigenvalue weighted by atomic mass is 14.7. The Labute approximate surface area is 273 Å². The van der Waals surface area contributed by atoms with Crippen molar-refractivity contribution >= 4 is 27.8 Å². The maximum atomic E-state index is 5.92. The quantitative estimate of drug-likeness (QED) is 0.180. The molecule has 4 aromatic carbocycles. The molecule has 0 saturated heterocycles. The van der Waals surface area contributed by atoms with Crippen molar-refractivity contribution in [1.82, 2.24) is 4.98 Å². The molecule has 5 rings (SSSR count). The maximum absolute atomic E-state index is 5.92. The fraction of sp³-hybridized carbons (Fsp3) is 0.372. The molecule has 0 saturated carbocycles. The van der Waals surface area contributed by atoms with Crippen molar-refractivity contribution in [2.75, 3.05) is 0 Å². The molecule has 2 nitrogen and oxygen atoms in total. The van der Waals surface area contributed by atoms with E-state index in [9.17, 15) is 0 Å². The summed E-state index contributed by atoms with van der Waals surface area (Å²) in [4.78, 5) is 5.36. The van der Waals surface area contributed by atoms with Crippen molar-refractivity contribution in [2.24, 2.45) is 5.73 Å². The lowest BCUT2D eigenvalue weighted by Crippen LogP contribution is -2.20. The monoisotopic (exact) mass is 600 g/mol. The van der Waals surface area contributed by atoms with Crippen LogP contribution in [0.15, 0.2) is 79.0 Å². The molecule has 0 aliphatic heterocycles. The van der Waals surface area contributed by atoms with E-state index in [0.717, 1.165) is 24.1 Å². The topological polar surface area (TPSA) is 38.9 Å². The molecular formula is C43H56N2. The Kier molecular flexibility index (Phi) is 13.0. The van der Waals surface area contributed by atoms with Crippen LogP contribution in [0.3, 0.4) is 0 Å². The molecule has 1 heterocycles. The van der Waals surface area contributed by atoms with E-state index in [1.54, 1.807) is 6.20 Å². The summed E-state index contributed by atoms with van der Waals surface area (Å²) in [5, 5.41) is 3.65. The standard InChI is InChI=1S/C36H38N2.C5H12.C2H6/c1-7-36(6,8-2)30-18-17-29(32-24(4)21-27(22-25(32)5)26-14-10-9-11-15-26)34-28-16-12-13-23(3)33(28)31(19-20-37)38-35(30)34;1-3-5-4-2;1-2/h9-22H,7-8,37H2,1-6H3;3-5H2,1-2H3;1-2H3/b20-19-;;. The van der Waals surface area contributed by atoms with Crippen LogP contribution in [0, 0.1) is 20.8 Å². The number of benzene rings is 4. The molecule has 0 spiro atoms. The lowest BCUT2D eigenvalue weighted by atomic mass is 9.75. The van der Waals surface area contributed by atoms with Crippen LogP contribution in [-0.4, -0.2) is 4.98 Å². The number of fused-ring (bicyclic) bond motifs is 3. The summed E-state index contributed by atoms with van der Waals surface area (Å²) in [5.74, 6) is 0. The zero-order valence-corrected chi connectivity index (χ0v) is 29.6. The van der Waals surface area contributed by atoms with E-state index in [2.05, 4.69) is 128 Å². The number of nitrogens with two attached hydrogens (primary N) is 1. The molecule has 0 amide bonds. The summed E-state index contributed by atoms with van der Waals surface area (Å²) in [5.41, 5.74) is 18.1. The van der Waals surface area contributed by atoms with E-state index < -0.39 is 0 Å². The van der Waals surface area contributed by atoms with Crippen molar-refractivity contribution in [1.29, 1.82) is 0 Å². The summed E-state index contributed by atoms with van der Waals surface area (Å²) in [7, 11) is 0. The van der Waals surface area contributed by atoms with Gasteiger partial charge in [-0.25, -0.2) is 4.98 Å². The molecule has 0 unspecified atom stereocenters. The first-order valence-electron chi connectivity index (χ1n) is 17.2. The van der Waals surface area contributed by atoms with Crippen molar-refractivity contribution in [3.05, 3.63) is 107 Å². The van der Waals surface area contributed by atoms with Crippen LogP contribution in [0.25, 0.3) is 50.0 Å². The summed E-state index contributed by atoms with van der Waals surface area (Å²) >= 11 is 0. The fourth-order valence-electron chi connectivity index (χ4n) is 6.45. The minimum absolute atomic E-state index is 0.0340.